The number of benzene rings is 1. The molecule has 0 spiro atoms. The van der Waals surface area contributed by atoms with E-state index < -0.39 is 0 Å². The van der Waals surface area contributed by atoms with Crippen LogP contribution in [0.1, 0.15) is 0 Å². The Balaban J connectivity index is 2.61. The summed E-state index contributed by atoms with van der Waals surface area (Å²) in [5, 5.41) is 1.91. The Morgan fingerprint density at radius 3 is 2.87 bits per heavy atom. The van der Waals surface area contributed by atoms with Gasteiger partial charge < -0.3 is 16.5 Å². The number of hydrogen-bond donors (Lipinski definition) is 3. The minimum absolute atomic E-state index is 0.328. The number of hydrogen-bond acceptors (Lipinski definition) is 3. The third kappa shape index (κ3) is 1.03. The van der Waals surface area contributed by atoms with Gasteiger partial charge in [-0.1, -0.05) is 0 Å². The van der Waals surface area contributed by atoms with Crippen LogP contribution in [0.25, 0.3) is 21.8 Å². The van der Waals surface area contributed by atoms with Crippen molar-refractivity contribution in [2.75, 3.05) is 11.5 Å². The first-order valence-corrected chi connectivity index (χ1v) is 4.60. The minimum atomic E-state index is 0.328. The second-order valence-corrected chi connectivity index (χ2v) is 3.44. The first kappa shape index (κ1) is 8.05. The fourth-order valence-corrected chi connectivity index (χ4v) is 1.81. The smallest absolute Gasteiger partial charge is 0.343 e. The van der Waals surface area contributed by atoms with Crippen LogP contribution in [0.4, 0.5) is 11.8 Å². The van der Waals surface area contributed by atoms with Gasteiger partial charge in [0.2, 0.25) is 5.82 Å². The minimum Gasteiger partial charge on any atom is -0.361 e. The van der Waals surface area contributed by atoms with Crippen molar-refractivity contribution in [1.29, 1.82) is 0 Å². The van der Waals surface area contributed by atoms with Crippen LogP contribution in [-0.2, 0) is 0 Å². The predicted molar refractivity (Wildman–Crippen MR) is 59.0 cm³/mol. The molecule has 6 N–H and O–H groups in total. The van der Waals surface area contributed by atoms with Crippen LogP contribution >= 0.6 is 0 Å². The molecule has 0 atom stereocenters. The number of nitrogens with two attached hydrogens (primary N) is 2. The normalized spacial score (nSPS) is 11.2. The monoisotopic (exact) mass is 200 g/mol. The topological polar surface area (TPSA) is 94.9 Å². The largest absolute Gasteiger partial charge is 0.361 e. The third-order valence-corrected chi connectivity index (χ3v) is 2.49. The van der Waals surface area contributed by atoms with Crippen LogP contribution in [0.15, 0.2) is 24.4 Å². The molecule has 0 aliphatic heterocycles. The maximum absolute atomic E-state index is 5.83. The number of fused-ring (bicyclic) bond motifs is 3. The summed E-state index contributed by atoms with van der Waals surface area (Å²) in [4.78, 5) is 10.2. The van der Waals surface area contributed by atoms with Crippen molar-refractivity contribution in [1.82, 2.24) is 9.97 Å². The second-order valence-electron chi connectivity index (χ2n) is 3.44. The van der Waals surface area contributed by atoms with E-state index in [1.54, 1.807) is 0 Å². The Hall–Kier alpha value is -2.30. The molecular formula is C10H10N5+. The molecule has 0 bridgehead atoms. The molecule has 0 radical (unpaired) electrons. The van der Waals surface area contributed by atoms with Crippen molar-refractivity contribution in [3.05, 3.63) is 24.4 Å². The van der Waals surface area contributed by atoms with Gasteiger partial charge >= 0.3 is 5.95 Å². The molecule has 1 aromatic carbocycles. The molecule has 0 amide bonds. The molecule has 0 fully saturated rings. The molecule has 0 aliphatic rings. The number of rotatable bonds is 0. The van der Waals surface area contributed by atoms with Gasteiger partial charge in [-0.25, -0.2) is 4.98 Å². The lowest BCUT2D eigenvalue weighted by Gasteiger charge is -1.98. The Bertz CT molecular complexity index is 655. The van der Waals surface area contributed by atoms with Crippen LogP contribution < -0.4 is 16.5 Å². The van der Waals surface area contributed by atoms with Crippen molar-refractivity contribution in [2.45, 2.75) is 0 Å². The second kappa shape index (κ2) is 2.60. The van der Waals surface area contributed by atoms with E-state index in [2.05, 4.69) is 15.0 Å². The fourth-order valence-electron chi connectivity index (χ4n) is 1.81. The average Bonchev–Trinajstić information content (AvgIpc) is 2.65. The van der Waals surface area contributed by atoms with E-state index in [0.717, 1.165) is 21.8 Å². The maximum Gasteiger partial charge on any atom is 0.343 e. The van der Waals surface area contributed by atoms with Gasteiger partial charge in [0.25, 0.3) is 0 Å². The van der Waals surface area contributed by atoms with Gasteiger partial charge in [-0.15, -0.1) is 4.98 Å². The number of aromatic nitrogens is 3. The number of nitrogen functional groups attached to an aromatic ring is 2. The zero-order valence-electron chi connectivity index (χ0n) is 7.91. The van der Waals surface area contributed by atoms with Crippen LogP contribution in [0.5, 0.6) is 0 Å². The molecule has 0 unspecified atom stereocenters. The maximum atomic E-state index is 5.83. The van der Waals surface area contributed by atoms with Crippen molar-refractivity contribution in [3.8, 4) is 0 Å². The highest BCUT2D eigenvalue weighted by Gasteiger charge is 2.11. The Kier molecular flexibility index (Phi) is 1.39. The lowest BCUT2D eigenvalue weighted by molar-refractivity contribution is -0.344. The zero-order valence-corrected chi connectivity index (χ0v) is 7.91. The molecular weight excluding hydrogens is 190 g/mol. The van der Waals surface area contributed by atoms with Gasteiger partial charge in [0, 0.05) is 17.1 Å². The number of anilines is 2. The average molecular weight is 200 g/mol. The SMILES string of the molecule is Nc1nc2c(ccc3[nH]ccc32)c(N)[nH+]1. The van der Waals surface area contributed by atoms with Crippen molar-refractivity contribution in [3.63, 3.8) is 0 Å². The van der Waals surface area contributed by atoms with Gasteiger partial charge in [0.1, 0.15) is 5.52 Å². The fraction of sp³-hybridized carbons (Fsp3) is 0. The van der Waals surface area contributed by atoms with Gasteiger partial charge in [0.15, 0.2) is 0 Å². The molecule has 5 heteroatoms. The zero-order chi connectivity index (χ0) is 10.4. The Labute approximate surface area is 85.1 Å². The summed E-state index contributed by atoms with van der Waals surface area (Å²) in [5.41, 5.74) is 13.3. The summed E-state index contributed by atoms with van der Waals surface area (Å²) >= 11 is 0. The van der Waals surface area contributed by atoms with Crippen molar-refractivity contribution in [2.24, 2.45) is 0 Å². The highest BCUT2D eigenvalue weighted by atomic mass is 15.0. The molecule has 2 aromatic heterocycles. The number of H-pyrrole nitrogens is 2. The summed E-state index contributed by atoms with van der Waals surface area (Å²) < 4.78 is 0. The lowest BCUT2D eigenvalue weighted by atomic mass is 10.1. The number of aromatic amines is 2. The van der Waals surface area contributed by atoms with E-state index in [1.165, 1.54) is 0 Å². The predicted octanol–water partition coefficient (Wildman–Crippen LogP) is 0.695. The van der Waals surface area contributed by atoms with E-state index in [1.807, 2.05) is 24.4 Å². The molecule has 5 nitrogen and oxygen atoms in total. The van der Waals surface area contributed by atoms with Gasteiger partial charge in [-0.3, -0.25) is 0 Å². The van der Waals surface area contributed by atoms with E-state index in [-0.39, 0.29) is 0 Å². The highest BCUT2D eigenvalue weighted by Crippen LogP contribution is 2.24. The first-order chi connectivity index (χ1) is 7.25. The van der Waals surface area contributed by atoms with Gasteiger partial charge in [-0.05, 0) is 18.2 Å². The van der Waals surface area contributed by atoms with Crippen molar-refractivity contribution >= 4 is 33.6 Å². The van der Waals surface area contributed by atoms with E-state index in [0.29, 0.717) is 11.8 Å². The molecule has 3 aromatic rings. The molecule has 74 valence electrons. The molecule has 15 heavy (non-hydrogen) atoms. The van der Waals surface area contributed by atoms with Crippen molar-refractivity contribution < 1.29 is 4.98 Å². The highest BCUT2D eigenvalue weighted by molar-refractivity contribution is 6.06. The summed E-state index contributed by atoms with van der Waals surface area (Å²) in [7, 11) is 0. The van der Waals surface area contributed by atoms with Crippen LogP contribution in [-0.4, -0.2) is 9.97 Å². The molecule has 2 heterocycles. The van der Waals surface area contributed by atoms with E-state index >= 15 is 0 Å². The summed E-state index contributed by atoms with van der Waals surface area (Å²) in [6.07, 6.45) is 1.87. The molecule has 0 saturated heterocycles. The molecule has 0 aliphatic carbocycles. The first-order valence-electron chi connectivity index (χ1n) is 4.60. The van der Waals surface area contributed by atoms with Crippen LogP contribution in [0.3, 0.4) is 0 Å². The van der Waals surface area contributed by atoms with Gasteiger partial charge in [0.05, 0.1) is 5.39 Å². The number of nitrogens with one attached hydrogen (secondary N) is 2. The molecule has 3 rings (SSSR count). The van der Waals surface area contributed by atoms with Crippen LogP contribution in [0, 0.1) is 0 Å². The summed E-state index contributed by atoms with van der Waals surface area (Å²) in [6, 6.07) is 5.86. The van der Waals surface area contributed by atoms with E-state index in [4.69, 9.17) is 11.5 Å². The van der Waals surface area contributed by atoms with Crippen LogP contribution in [0.2, 0.25) is 0 Å². The Morgan fingerprint density at radius 1 is 1.13 bits per heavy atom. The number of nitrogens with zero attached hydrogens (tertiary/aromatic N) is 1. The summed E-state index contributed by atoms with van der Waals surface area (Å²) in [6.45, 7) is 0. The standard InChI is InChI=1S/C10H9N5/c11-9-6-1-2-7-5(3-4-13-7)8(6)14-10(12)15-9/h1-4,13H,(H4,11,12,14,15)/p+1. The van der Waals surface area contributed by atoms with Gasteiger partial charge in [-0.2, -0.15) is 0 Å². The quantitative estimate of drug-likeness (QED) is 0.498. The Morgan fingerprint density at radius 2 is 2.00 bits per heavy atom. The third-order valence-electron chi connectivity index (χ3n) is 2.49. The molecule has 0 saturated carbocycles. The summed E-state index contributed by atoms with van der Waals surface area (Å²) in [5.74, 6) is 0.870. The lowest BCUT2D eigenvalue weighted by Crippen LogP contribution is -2.17. The van der Waals surface area contributed by atoms with E-state index in [9.17, 15) is 0 Å².